The van der Waals surface area contributed by atoms with Gasteiger partial charge < -0.3 is 24.6 Å². The Morgan fingerprint density at radius 3 is 2.45 bits per heavy atom. The predicted octanol–water partition coefficient (Wildman–Crippen LogP) is 6.15. The minimum Gasteiger partial charge on any atom is -0.491 e. The van der Waals surface area contributed by atoms with Gasteiger partial charge in [0, 0.05) is 29.0 Å². The Morgan fingerprint density at radius 1 is 1.03 bits per heavy atom. The second kappa shape index (κ2) is 10.3. The third-order valence-electron chi connectivity index (χ3n) is 6.73. The number of aryl methyl sites for hydroxylation is 1. The van der Waals surface area contributed by atoms with Crippen molar-refractivity contribution in [2.24, 2.45) is 0 Å². The fourth-order valence-corrected chi connectivity index (χ4v) is 5.51. The third-order valence-corrected chi connectivity index (χ3v) is 7.04. The topological polar surface area (TPSA) is 79.6 Å². The Labute approximate surface area is 227 Å². The molecule has 0 spiro atoms. The summed E-state index contributed by atoms with van der Waals surface area (Å²) >= 11 is 5.89. The van der Waals surface area contributed by atoms with Gasteiger partial charge in [-0.15, -0.1) is 0 Å². The molecule has 0 amide bonds. The summed E-state index contributed by atoms with van der Waals surface area (Å²) < 4.78 is 7.95. The number of hydrogen-bond acceptors (Lipinski definition) is 4. The largest absolute Gasteiger partial charge is 0.491 e. The number of thiocarbonyl (C=S) groups is 1. The molecule has 4 aromatic rings. The molecule has 38 heavy (non-hydrogen) atoms. The van der Waals surface area contributed by atoms with Crippen molar-refractivity contribution in [3.8, 4) is 11.4 Å². The van der Waals surface area contributed by atoms with Crippen molar-refractivity contribution >= 4 is 29.0 Å². The number of hydrogen-bond donors (Lipinski definition) is 2. The van der Waals surface area contributed by atoms with E-state index in [1.54, 1.807) is 24.4 Å². The maximum absolute atomic E-state index is 11.6. The number of benzene rings is 2. The minimum atomic E-state index is -0.953. The first kappa shape index (κ1) is 25.5. The van der Waals surface area contributed by atoms with Gasteiger partial charge in [0.25, 0.3) is 0 Å². The highest BCUT2D eigenvalue weighted by molar-refractivity contribution is 7.80. The molecule has 7 nitrogen and oxygen atoms in total. The third kappa shape index (κ3) is 4.75. The van der Waals surface area contributed by atoms with Crippen LogP contribution in [0.25, 0.3) is 5.69 Å². The van der Waals surface area contributed by atoms with Gasteiger partial charge in [-0.1, -0.05) is 12.1 Å². The van der Waals surface area contributed by atoms with Gasteiger partial charge in [-0.05, 0) is 106 Å². The van der Waals surface area contributed by atoms with E-state index in [-0.39, 0.29) is 23.8 Å². The SMILES string of the molecule is Cc1cc([C@@H]2[C@H](c3ccccn3)NC(=S)N2c2ccc(OC(C)C)cc2)c(C)n1-c1cccc(C(=O)O)c1. The smallest absolute Gasteiger partial charge is 0.335 e. The zero-order valence-corrected chi connectivity index (χ0v) is 22.6. The molecule has 0 radical (unpaired) electrons. The van der Waals surface area contributed by atoms with Crippen LogP contribution in [0.1, 0.15) is 58.9 Å². The van der Waals surface area contributed by atoms with Crippen LogP contribution in [0.2, 0.25) is 0 Å². The Balaban J connectivity index is 1.63. The fourth-order valence-electron chi connectivity index (χ4n) is 5.17. The van der Waals surface area contributed by atoms with Gasteiger partial charge in [-0.25, -0.2) is 4.79 Å². The molecule has 0 unspecified atom stereocenters. The summed E-state index contributed by atoms with van der Waals surface area (Å²) in [4.78, 5) is 18.4. The van der Waals surface area contributed by atoms with Crippen molar-refractivity contribution in [3.05, 3.63) is 107 Å². The van der Waals surface area contributed by atoms with E-state index < -0.39 is 5.97 Å². The van der Waals surface area contributed by atoms with Crippen LogP contribution in [0.5, 0.6) is 5.75 Å². The number of ether oxygens (including phenoxy) is 1. The lowest BCUT2D eigenvalue weighted by Crippen LogP contribution is -2.29. The van der Waals surface area contributed by atoms with Gasteiger partial charge in [0.2, 0.25) is 0 Å². The Kier molecular flexibility index (Phi) is 6.91. The Morgan fingerprint density at radius 2 is 1.79 bits per heavy atom. The van der Waals surface area contributed by atoms with Crippen LogP contribution in [0, 0.1) is 13.8 Å². The first-order valence-electron chi connectivity index (χ1n) is 12.5. The molecule has 8 heteroatoms. The van der Waals surface area contributed by atoms with Crippen molar-refractivity contribution in [1.82, 2.24) is 14.9 Å². The lowest BCUT2D eigenvalue weighted by Gasteiger charge is -2.28. The molecule has 2 N–H and O–H groups in total. The second-order valence-corrected chi connectivity index (χ2v) is 10.1. The average molecular weight is 527 g/mol. The number of rotatable bonds is 7. The molecule has 0 saturated carbocycles. The number of pyridine rings is 1. The van der Waals surface area contributed by atoms with E-state index in [4.69, 9.17) is 17.0 Å². The lowest BCUT2D eigenvalue weighted by atomic mass is 9.96. The predicted molar refractivity (Wildman–Crippen MR) is 152 cm³/mol. The van der Waals surface area contributed by atoms with Crippen molar-refractivity contribution in [2.45, 2.75) is 45.9 Å². The first-order valence-corrected chi connectivity index (χ1v) is 13.0. The highest BCUT2D eigenvalue weighted by Gasteiger charge is 2.42. The fraction of sp³-hybridized carbons (Fsp3) is 0.233. The number of carboxylic acids is 1. The van der Waals surface area contributed by atoms with E-state index >= 15 is 0 Å². The lowest BCUT2D eigenvalue weighted by molar-refractivity contribution is 0.0697. The van der Waals surface area contributed by atoms with Crippen molar-refractivity contribution in [2.75, 3.05) is 4.90 Å². The minimum absolute atomic E-state index is 0.0849. The zero-order valence-electron chi connectivity index (χ0n) is 21.8. The van der Waals surface area contributed by atoms with Crippen LogP contribution < -0.4 is 15.0 Å². The molecule has 1 fully saturated rings. The summed E-state index contributed by atoms with van der Waals surface area (Å²) in [5, 5.41) is 13.7. The molecular weight excluding hydrogens is 496 g/mol. The monoisotopic (exact) mass is 526 g/mol. The van der Waals surface area contributed by atoms with Crippen LogP contribution in [-0.4, -0.2) is 31.8 Å². The van der Waals surface area contributed by atoms with E-state index in [1.807, 2.05) is 69.3 Å². The van der Waals surface area contributed by atoms with Gasteiger partial charge in [-0.2, -0.15) is 0 Å². The molecule has 1 aliphatic rings. The number of carbonyl (C=O) groups is 1. The number of anilines is 1. The Bertz CT molecular complexity index is 1480. The van der Waals surface area contributed by atoms with E-state index in [1.165, 1.54) is 0 Å². The zero-order chi connectivity index (χ0) is 27.0. The first-order chi connectivity index (χ1) is 18.2. The summed E-state index contributed by atoms with van der Waals surface area (Å²) in [7, 11) is 0. The molecular formula is C30H30N4O3S. The summed E-state index contributed by atoms with van der Waals surface area (Å²) in [5.74, 6) is -0.151. The van der Waals surface area contributed by atoms with Crippen molar-refractivity contribution in [1.29, 1.82) is 0 Å². The van der Waals surface area contributed by atoms with Crippen molar-refractivity contribution < 1.29 is 14.6 Å². The van der Waals surface area contributed by atoms with Gasteiger partial charge in [0.15, 0.2) is 5.11 Å². The highest BCUT2D eigenvalue weighted by Crippen LogP contribution is 2.44. The summed E-state index contributed by atoms with van der Waals surface area (Å²) in [6.45, 7) is 8.10. The maximum atomic E-state index is 11.6. The number of nitrogens with one attached hydrogen (secondary N) is 1. The molecule has 1 aliphatic heterocycles. The van der Waals surface area contributed by atoms with Crippen LogP contribution in [0.3, 0.4) is 0 Å². The molecule has 194 valence electrons. The molecule has 5 rings (SSSR count). The van der Waals surface area contributed by atoms with Crippen LogP contribution >= 0.6 is 12.2 Å². The van der Waals surface area contributed by atoms with Crippen molar-refractivity contribution in [3.63, 3.8) is 0 Å². The molecule has 2 aromatic heterocycles. The second-order valence-electron chi connectivity index (χ2n) is 9.67. The quantitative estimate of drug-likeness (QED) is 0.280. The summed E-state index contributed by atoms with van der Waals surface area (Å²) in [6, 6.07) is 22.6. The summed E-state index contributed by atoms with van der Waals surface area (Å²) in [6.07, 6.45) is 1.88. The number of carboxylic acid groups (broad SMARTS) is 1. The van der Waals surface area contributed by atoms with Crippen LogP contribution in [-0.2, 0) is 0 Å². The molecule has 0 aliphatic carbocycles. The van der Waals surface area contributed by atoms with Gasteiger partial charge in [0.05, 0.1) is 29.4 Å². The molecule has 1 saturated heterocycles. The van der Waals surface area contributed by atoms with Gasteiger partial charge in [-0.3, -0.25) is 4.98 Å². The number of aromatic nitrogens is 2. The highest BCUT2D eigenvalue weighted by atomic mass is 32.1. The van der Waals surface area contributed by atoms with Crippen LogP contribution in [0.4, 0.5) is 5.69 Å². The standard InChI is InChI=1S/C30H30N4O3S/c1-18(2)37-24-13-11-22(12-14-24)34-28(27(32-30(34)38)26-10-5-6-15-31-26)25-16-19(3)33(20(25)4)23-9-7-8-21(17-23)29(35)36/h5-18,27-28H,1-4H3,(H,32,38)(H,35,36)/t27-,28+/m0/s1. The Hall–Kier alpha value is -4.17. The molecule has 2 aromatic carbocycles. The van der Waals surface area contributed by atoms with Gasteiger partial charge >= 0.3 is 5.97 Å². The van der Waals surface area contributed by atoms with E-state index in [0.29, 0.717) is 5.11 Å². The number of nitrogens with zero attached hydrogens (tertiary/aromatic N) is 3. The molecule has 3 heterocycles. The van der Waals surface area contributed by atoms with Gasteiger partial charge in [0.1, 0.15) is 5.75 Å². The summed E-state index contributed by atoms with van der Waals surface area (Å²) in [5.41, 5.74) is 5.96. The van der Waals surface area contributed by atoms with E-state index in [9.17, 15) is 9.90 Å². The normalized spacial score (nSPS) is 17.1. The van der Waals surface area contributed by atoms with E-state index in [0.717, 1.165) is 39.8 Å². The van der Waals surface area contributed by atoms with Crippen LogP contribution in [0.15, 0.2) is 79.0 Å². The molecule has 2 atom stereocenters. The molecule has 0 bridgehead atoms. The average Bonchev–Trinajstić information content (AvgIpc) is 3.39. The number of aromatic carboxylic acids is 1. The van der Waals surface area contributed by atoms with E-state index in [2.05, 4.69) is 32.8 Å². The maximum Gasteiger partial charge on any atom is 0.335 e.